The van der Waals surface area contributed by atoms with Crippen molar-refractivity contribution in [2.75, 3.05) is 6.61 Å². The fourth-order valence-electron chi connectivity index (χ4n) is 4.16. The standard InChI is InChI=1S/C24H40O5S2/c1-23(2,17-25)15-5-7-18-9-11-20(30(18)28)13-14-21-12-10-19(31(21)29)8-6-16-24(3,4)22(26)27/h11-12,18-19,25H,5-10,13-17H2,1-4H3,(H,26,27). The number of aliphatic hydroxyl groups is 1. The molecule has 0 bridgehead atoms. The zero-order chi connectivity index (χ0) is 23.2. The predicted octanol–water partition coefficient (Wildman–Crippen LogP) is 5.05. The van der Waals surface area contributed by atoms with Crippen LogP contribution in [0, 0.1) is 10.8 Å². The summed E-state index contributed by atoms with van der Waals surface area (Å²) in [6.45, 7) is 7.76. The van der Waals surface area contributed by atoms with Crippen molar-refractivity contribution in [1.29, 1.82) is 0 Å². The molecule has 2 aliphatic rings. The van der Waals surface area contributed by atoms with E-state index in [2.05, 4.69) is 26.0 Å². The van der Waals surface area contributed by atoms with E-state index in [1.165, 1.54) is 0 Å². The molecule has 7 heteroatoms. The molecule has 0 saturated carbocycles. The Morgan fingerprint density at radius 3 is 1.81 bits per heavy atom. The van der Waals surface area contributed by atoms with Gasteiger partial charge in [-0.1, -0.05) is 38.8 Å². The second-order valence-corrected chi connectivity index (χ2v) is 14.0. The summed E-state index contributed by atoms with van der Waals surface area (Å²) in [5.74, 6) is -0.785. The Hall–Kier alpha value is -0.790. The van der Waals surface area contributed by atoms with E-state index in [4.69, 9.17) is 0 Å². The van der Waals surface area contributed by atoms with Crippen LogP contribution in [-0.2, 0) is 26.4 Å². The van der Waals surface area contributed by atoms with Crippen molar-refractivity contribution in [2.45, 2.75) is 102 Å². The van der Waals surface area contributed by atoms with Crippen LogP contribution in [0.2, 0.25) is 0 Å². The average molecular weight is 473 g/mol. The number of hydrogen-bond acceptors (Lipinski definition) is 4. The van der Waals surface area contributed by atoms with Crippen molar-refractivity contribution in [3.63, 3.8) is 0 Å². The molecule has 2 heterocycles. The minimum atomic E-state index is -1.01. The van der Waals surface area contributed by atoms with Gasteiger partial charge in [-0.25, -0.2) is 0 Å². The highest BCUT2D eigenvalue weighted by Crippen LogP contribution is 2.35. The van der Waals surface area contributed by atoms with E-state index in [0.717, 1.165) is 54.8 Å². The van der Waals surface area contributed by atoms with Crippen molar-refractivity contribution in [2.24, 2.45) is 10.8 Å². The second kappa shape index (κ2) is 11.4. The Morgan fingerprint density at radius 2 is 1.39 bits per heavy atom. The van der Waals surface area contributed by atoms with Crippen LogP contribution in [0.4, 0.5) is 0 Å². The lowest BCUT2D eigenvalue weighted by Gasteiger charge is -2.22. The maximum Gasteiger partial charge on any atom is 0.309 e. The maximum atomic E-state index is 12.8. The third kappa shape index (κ3) is 7.64. The molecule has 2 aliphatic heterocycles. The summed E-state index contributed by atoms with van der Waals surface area (Å²) in [5, 5.41) is 18.9. The second-order valence-electron chi connectivity index (χ2n) is 10.4. The van der Waals surface area contributed by atoms with Gasteiger partial charge >= 0.3 is 5.97 Å². The molecular weight excluding hydrogens is 432 g/mol. The molecule has 178 valence electrons. The van der Waals surface area contributed by atoms with Crippen molar-refractivity contribution < 1.29 is 23.4 Å². The molecule has 4 atom stereocenters. The number of hydrogen-bond donors (Lipinski definition) is 2. The van der Waals surface area contributed by atoms with Gasteiger partial charge in [-0.05, 0) is 70.6 Å². The van der Waals surface area contributed by atoms with E-state index in [-0.39, 0.29) is 22.5 Å². The van der Waals surface area contributed by atoms with Gasteiger partial charge in [0.2, 0.25) is 0 Å². The molecule has 0 aliphatic carbocycles. The van der Waals surface area contributed by atoms with E-state index in [0.29, 0.717) is 19.3 Å². The number of carboxylic acid groups (broad SMARTS) is 1. The van der Waals surface area contributed by atoms with Crippen molar-refractivity contribution in [3.8, 4) is 0 Å². The summed E-state index contributed by atoms with van der Waals surface area (Å²) in [7, 11) is -1.96. The molecule has 2 rings (SSSR count). The lowest BCUT2D eigenvalue weighted by molar-refractivity contribution is -0.147. The van der Waals surface area contributed by atoms with E-state index < -0.39 is 33.0 Å². The van der Waals surface area contributed by atoms with Gasteiger partial charge in [0, 0.05) is 26.9 Å². The van der Waals surface area contributed by atoms with Crippen molar-refractivity contribution in [1.82, 2.24) is 0 Å². The topological polar surface area (TPSA) is 91.7 Å². The lowest BCUT2D eigenvalue weighted by Crippen LogP contribution is -2.24. The van der Waals surface area contributed by atoms with E-state index >= 15 is 0 Å². The first kappa shape index (κ1) is 26.5. The van der Waals surface area contributed by atoms with Crippen molar-refractivity contribution >= 4 is 27.6 Å². The van der Waals surface area contributed by atoms with Crippen LogP contribution in [0.3, 0.4) is 0 Å². The normalized spacial score (nSPS) is 26.7. The summed E-state index contributed by atoms with van der Waals surface area (Å²) >= 11 is 0. The molecule has 0 radical (unpaired) electrons. The van der Waals surface area contributed by atoms with Crippen LogP contribution in [0.5, 0.6) is 0 Å². The minimum absolute atomic E-state index is 0.0741. The Morgan fingerprint density at radius 1 is 0.935 bits per heavy atom. The van der Waals surface area contributed by atoms with Gasteiger partial charge in [0.15, 0.2) is 0 Å². The molecular formula is C24H40O5S2. The van der Waals surface area contributed by atoms with Gasteiger partial charge in [0.25, 0.3) is 0 Å². The summed E-state index contributed by atoms with van der Waals surface area (Å²) in [6, 6.07) is 0. The number of allylic oxidation sites excluding steroid dienone is 4. The molecule has 0 aromatic heterocycles. The lowest BCUT2D eigenvalue weighted by atomic mass is 9.87. The number of carboxylic acids is 1. The van der Waals surface area contributed by atoms with E-state index in [1.54, 1.807) is 13.8 Å². The summed E-state index contributed by atoms with van der Waals surface area (Å²) in [4.78, 5) is 13.2. The largest absolute Gasteiger partial charge is 0.481 e. The van der Waals surface area contributed by atoms with Crippen LogP contribution in [-0.4, -0.2) is 41.7 Å². The first-order chi connectivity index (χ1) is 14.5. The van der Waals surface area contributed by atoms with Crippen LogP contribution < -0.4 is 0 Å². The molecule has 31 heavy (non-hydrogen) atoms. The molecule has 0 spiro atoms. The van der Waals surface area contributed by atoms with Gasteiger partial charge in [-0.2, -0.15) is 0 Å². The van der Waals surface area contributed by atoms with Crippen LogP contribution in [0.25, 0.3) is 0 Å². The summed E-state index contributed by atoms with van der Waals surface area (Å²) < 4.78 is 25.6. The molecule has 0 saturated heterocycles. The van der Waals surface area contributed by atoms with Gasteiger partial charge in [0.1, 0.15) is 0 Å². The highest BCUT2D eigenvalue weighted by molar-refractivity contribution is 7.90. The maximum absolute atomic E-state index is 12.8. The Balaban J connectivity index is 1.72. The molecule has 4 unspecified atom stereocenters. The zero-order valence-electron chi connectivity index (χ0n) is 19.5. The highest BCUT2D eigenvalue weighted by atomic mass is 32.2. The fraction of sp³-hybridized carbons (Fsp3) is 0.792. The van der Waals surface area contributed by atoms with Gasteiger partial charge < -0.3 is 10.2 Å². The van der Waals surface area contributed by atoms with Crippen molar-refractivity contribution in [3.05, 3.63) is 22.0 Å². The Kier molecular flexibility index (Phi) is 9.71. The predicted molar refractivity (Wildman–Crippen MR) is 128 cm³/mol. The number of aliphatic hydroxyl groups excluding tert-OH is 1. The molecule has 0 amide bonds. The first-order valence-corrected chi connectivity index (χ1v) is 13.9. The van der Waals surface area contributed by atoms with E-state index in [1.807, 2.05) is 0 Å². The quantitative estimate of drug-likeness (QED) is 0.391. The number of carbonyl (C=O) groups is 1. The van der Waals surface area contributed by atoms with Crippen LogP contribution in [0.1, 0.15) is 91.9 Å². The number of rotatable bonds is 13. The highest BCUT2D eigenvalue weighted by Gasteiger charge is 2.31. The summed E-state index contributed by atoms with van der Waals surface area (Å²) in [6.07, 6.45) is 12.2. The molecule has 5 nitrogen and oxygen atoms in total. The van der Waals surface area contributed by atoms with Crippen LogP contribution >= 0.6 is 0 Å². The van der Waals surface area contributed by atoms with Gasteiger partial charge in [-0.15, -0.1) is 0 Å². The van der Waals surface area contributed by atoms with Gasteiger partial charge in [0.05, 0.1) is 27.0 Å². The van der Waals surface area contributed by atoms with Gasteiger partial charge in [-0.3, -0.25) is 13.2 Å². The Labute approximate surface area is 192 Å². The molecule has 0 fully saturated rings. The third-order valence-corrected chi connectivity index (χ3v) is 10.5. The molecule has 0 aromatic rings. The van der Waals surface area contributed by atoms with E-state index in [9.17, 15) is 23.4 Å². The minimum Gasteiger partial charge on any atom is -0.481 e. The third-order valence-electron chi connectivity index (χ3n) is 6.67. The zero-order valence-corrected chi connectivity index (χ0v) is 21.2. The summed E-state index contributed by atoms with van der Waals surface area (Å²) in [5.41, 5.74) is -0.810. The molecule has 0 aromatic carbocycles. The smallest absolute Gasteiger partial charge is 0.309 e. The SMILES string of the molecule is CC(C)(CO)CCCC1CC=C(CCC2=CCC(CCCC(C)(C)C(=O)O)S2=O)S1=O. The average Bonchev–Trinajstić information content (AvgIpc) is 3.23. The monoisotopic (exact) mass is 472 g/mol. The van der Waals surface area contributed by atoms with Crippen LogP contribution in [0.15, 0.2) is 22.0 Å². The Bertz CT molecular complexity index is 751. The number of aliphatic carboxylic acids is 1. The molecule has 2 N–H and O–H groups in total. The fourth-order valence-corrected chi connectivity index (χ4v) is 7.45. The first-order valence-electron chi connectivity index (χ1n) is 11.5.